The van der Waals surface area contributed by atoms with Crippen LogP contribution in [0.3, 0.4) is 0 Å². The molecule has 0 bridgehead atoms. The van der Waals surface area contributed by atoms with Crippen LogP contribution in [0.5, 0.6) is 5.75 Å². The summed E-state index contributed by atoms with van der Waals surface area (Å²) >= 11 is 6.31. The molecule has 3 heterocycles. The van der Waals surface area contributed by atoms with Crippen LogP contribution in [0.2, 0.25) is 5.02 Å². The molecule has 0 amide bonds. The number of nitrogen functional groups attached to an aromatic ring is 2. The van der Waals surface area contributed by atoms with E-state index < -0.39 is 0 Å². The van der Waals surface area contributed by atoms with E-state index in [1.807, 2.05) is 6.07 Å². The number of rotatable bonds is 6. The Labute approximate surface area is 192 Å². The number of benzene rings is 1. The molecule has 4 aromatic rings. The average Bonchev–Trinajstić information content (AvgIpc) is 2.79. The van der Waals surface area contributed by atoms with Crippen LogP contribution in [-0.4, -0.2) is 38.2 Å². The van der Waals surface area contributed by atoms with Crippen molar-refractivity contribution in [2.45, 2.75) is 6.42 Å². The summed E-state index contributed by atoms with van der Waals surface area (Å²) in [5.41, 5.74) is 12.1. The third-order valence-electron chi connectivity index (χ3n) is 4.82. The molecule has 0 fully saturated rings. The van der Waals surface area contributed by atoms with Gasteiger partial charge in [-0.2, -0.15) is 15.2 Å². The lowest BCUT2D eigenvalue weighted by Crippen LogP contribution is -2.26. The summed E-state index contributed by atoms with van der Waals surface area (Å²) in [6, 6.07) is 8.70. The number of nitrogens with zero attached hydrogens (tertiary/aromatic N) is 6. The van der Waals surface area contributed by atoms with E-state index in [1.165, 1.54) is 24.1 Å². The summed E-state index contributed by atoms with van der Waals surface area (Å²) in [5, 5.41) is 13.0. The van der Waals surface area contributed by atoms with Crippen LogP contribution in [0.1, 0.15) is 11.4 Å². The first-order valence-electron chi connectivity index (χ1n) is 9.69. The number of aromatic nitrogens is 5. The van der Waals surface area contributed by atoms with E-state index in [0.29, 0.717) is 33.2 Å². The van der Waals surface area contributed by atoms with E-state index in [1.54, 1.807) is 24.3 Å². The van der Waals surface area contributed by atoms with Gasteiger partial charge in [-0.1, -0.05) is 17.7 Å². The maximum Gasteiger partial charge on any atom is 0.267 e. The molecule has 11 nitrogen and oxygen atoms in total. The maximum absolute atomic E-state index is 13.4. The highest BCUT2D eigenvalue weighted by molar-refractivity contribution is 6.35. The largest absolute Gasteiger partial charge is 0.495 e. The highest BCUT2D eigenvalue weighted by atomic mass is 35.5. The van der Waals surface area contributed by atoms with Crippen LogP contribution >= 0.6 is 11.6 Å². The van der Waals surface area contributed by atoms with E-state index in [0.717, 1.165) is 0 Å². The van der Waals surface area contributed by atoms with Crippen LogP contribution in [-0.2, 0) is 6.42 Å². The van der Waals surface area contributed by atoms with Gasteiger partial charge in [0.2, 0.25) is 5.95 Å². The van der Waals surface area contributed by atoms with E-state index in [-0.39, 0.29) is 41.7 Å². The summed E-state index contributed by atoms with van der Waals surface area (Å²) in [6.07, 6.45) is 3.35. The van der Waals surface area contributed by atoms with Gasteiger partial charge in [-0.3, -0.25) is 14.3 Å². The van der Waals surface area contributed by atoms with Gasteiger partial charge in [0, 0.05) is 19.0 Å². The molecule has 33 heavy (non-hydrogen) atoms. The van der Waals surface area contributed by atoms with Crippen LogP contribution in [0.25, 0.3) is 16.6 Å². The van der Waals surface area contributed by atoms with Crippen LogP contribution in [0, 0.1) is 11.3 Å². The molecule has 166 valence electrons. The number of pyridine rings is 1. The van der Waals surface area contributed by atoms with Gasteiger partial charge in [0.1, 0.15) is 29.0 Å². The number of nitrogens with two attached hydrogens (primary N) is 2. The lowest BCUT2D eigenvalue weighted by Gasteiger charge is -2.15. The second-order valence-electron chi connectivity index (χ2n) is 6.86. The van der Waals surface area contributed by atoms with Crippen molar-refractivity contribution < 1.29 is 4.74 Å². The van der Waals surface area contributed by atoms with E-state index in [4.69, 9.17) is 27.8 Å². The topological polar surface area (TPSA) is 171 Å². The fraction of sp³-hybridized carbons (Fsp3) is 0.143. The Bertz CT molecular complexity index is 1460. The Hall–Kier alpha value is -4.43. The lowest BCUT2D eigenvalue weighted by atomic mass is 10.2. The molecule has 0 saturated carbocycles. The third-order valence-corrected chi connectivity index (χ3v) is 5.13. The first-order valence-corrected chi connectivity index (χ1v) is 10.1. The third kappa shape index (κ3) is 4.19. The van der Waals surface area contributed by atoms with Gasteiger partial charge in [0.25, 0.3) is 5.56 Å². The normalized spacial score (nSPS) is 10.7. The van der Waals surface area contributed by atoms with Crippen molar-refractivity contribution in [1.29, 1.82) is 5.26 Å². The van der Waals surface area contributed by atoms with Gasteiger partial charge in [-0.05, 0) is 12.1 Å². The van der Waals surface area contributed by atoms with Gasteiger partial charge < -0.3 is 21.5 Å². The minimum atomic E-state index is -0.344. The number of ether oxygens (including phenoxy) is 1. The van der Waals surface area contributed by atoms with Crippen molar-refractivity contribution in [1.82, 2.24) is 24.5 Å². The number of fused-ring (bicyclic) bond motifs is 1. The van der Waals surface area contributed by atoms with Crippen LogP contribution in [0.15, 0.2) is 41.5 Å². The number of nitrogens with one attached hydrogen (secondary N) is 1. The van der Waals surface area contributed by atoms with Crippen molar-refractivity contribution in [3.63, 3.8) is 0 Å². The maximum atomic E-state index is 13.4. The number of nitriles is 1. The molecule has 0 spiro atoms. The number of methoxy groups -OCH3 is 1. The van der Waals surface area contributed by atoms with Crippen molar-refractivity contribution in [2.75, 3.05) is 30.4 Å². The summed E-state index contributed by atoms with van der Waals surface area (Å²) in [7, 11) is 1.51. The van der Waals surface area contributed by atoms with E-state index >= 15 is 0 Å². The fourth-order valence-corrected chi connectivity index (χ4v) is 3.59. The molecule has 0 aliphatic heterocycles. The zero-order chi connectivity index (χ0) is 23.5. The first-order chi connectivity index (χ1) is 15.9. The number of hydrogen-bond acceptors (Lipinski definition) is 10. The Morgan fingerprint density at radius 2 is 2.06 bits per heavy atom. The Balaban J connectivity index is 1.77. The van der Waals surface area contributed by atoms with Crippen molar-refractivity contribution in [2.24, 2.45) is 0 Å². The molecule has 5 N–H and O–H groups in total. The Morgan fingerprint density at radius 1 is 1.24 bits per heavy atom. The molecule has 0 radical (unpaired) electrons. The fourth-order valence-electron chi connectivity index (χ4n) is 3.34. The SMILES string of the molecule is COc1cncc(-n2c(CCNc3nc(N)nc(N)c3C#N)nc3cccc(Cl)c3c2=O)c1. The lowest BCUT2D eigenvalue weighted by molar-refractivity contribution is 0.412. The highest BCUT2D eigenvalue weighted by Crippen LogP contribution is 2.22. The minimum absolute atomic E-state index is 0.0228. The van der Waals surface area contributed by atoms with Gasteiger partial charge in [0.15, 0.2) is 5.82 Å². The van der Waals surface area contributed by atoms with Crippen molar-refractivity contribution in [3.05, 3.63) is 63.4 Å². The standard InChI is InChI=1S/C21H18ClN9O2/c1-33-12-7-11(9-26-10-12)31-16(28-15-4-2-3-14(22)17(15)20(31)32)5-6-27-19-13(8-23)18(24)29-21(25)30-19/h2-4,7,9-10H,5-6H2,1H3,(H5,24,25,27,29,30). The van der Waals surface area contributed by atoms with Crippen LogP contribution < -0.4 is 27.1 Å². The highest BCUT2D eigenvalue weighted by Gasteiger charge is 2.17. The number of hydrogen-bond donors (Lipinski definition) is 3. The molecular formula is C21H18ClN9O2. The summed E-state index contributed by atoms with van der Waals surface area (Å²) < 4.78 is 6.68. The minimum Gasteiger partial charge on any atom is -0.495 e. The van der Waals surface area contributed by atoms with Gasteiger partial charge in [-0.15, -0.1) is 0 Å². The second-order valence-corrected chi connectivity index (χ2v) is 7.27. The molecule has 1 aromatic carbocycles. The molecule has 0 aliphatic carbocycles. The smallest absolute Gasteiger partial charge is 0.267 e. The number of halogens is 1. The van der Waals surface area contributed by atoms with Gasteiger partial charge in [-0.25, -0.2) is 4.98 Å². The molecule has 0 atom stereocenters. The predicted octanol–water partition coefficient (Wildman–Crippen LogP) is 1.92. The quantitative estimate of drug-likeness (QED) is 0.383. The molecule has 0 unspecified atom stereocenters. The summed E-state index contributed by atoms with van der Waals surface area (Å²) in [6.45, 7) is 0.264. The van der Waals surface area contributed by atoms with Gasteiger partial charge in [0.05, 0.1) is 41.1 Å². The van der Waals surface area contributed by atoms with Crippen LogP contribution in [0.4, 0.5) is 17.6 Å². The van der Waals surface area contributed by atoms with Crippen molar-refractivity contribution >= 4 is 40.1 Å². The second kappa shape index (κ2) is 8.97. The summed E-state index contributed by atoms with van der Waals surface area (Å²) in [5.74, 6) is 1.03. The van der Waals surface area contributed by atoms with Crippen molar-refractivity contribution in [3.8, 4) is 17.5 Å². The average molecular weight is 464 g/mol. The zero-order valence-electron chi connectivity index (χ0n) is 17.4. The molecule has 3 aromatic heterocycles. The summed E-state index contributed by atoms with van der Waals surface area (Å²) in [4.78, 5) is 30.1. The predicted molar refractivity (Wildman–Crippen MR) is 124 cm³/mol. The Morgan fingerprint density at radius 3 is 2.82 bits per heavy atom. The zero-order valence-corrected chi connectivity index (χ0v) is 18.2. The monoisotopic (exact) mass is 463 g/mol. The van der Waals surface area contributed by atoms with Gasteiger partial charge >= 0.3 is 0 Å². The van der Waals surface area contributed by atoms with E-state index in [9.17, 15) is 10.1 Å². The molecule has 0 aliphatic rings. The Kier molecular flexibility index (Phi) is 5.93. The molecule has 4 rings (SSSR count). The van der Waals surface area contributed by atoms with E-state index in [2.05, 4.69) is 25.3 Å². The molecular weight excluding hydrogens is 446 g/mol. The number of anilines is 3. The molecule has 12 heteroatoms. The first kappa shape index (κ1) is 21.8. The molecule has 0 saturated heterocycles.